The molecule has 1 heterocycles. The highest BCUT2D eigenvalue weighted by molar-refractivity contribution is 5.90. The van der Waals surface area contributed by atoms with Gasteiger partial charge in [-0.15, -0.1) is 0 Å². The highest BCUT2D eigenvalue weighted by Crippen LogP contribution is 1.99. The number of hydrogen-bond donors (Lipinski definition) is 2. The van der Waals surface area contributed by atoms with Gasteiger partial charge in [0.05, 0.1) is 18.1 Å². The molecular weight excluding hydrogens is 228 g/mol. The molecule has 0 saturated heterocycles. The third-order valence-corrected chi connectivity index (χ3v) is 2.44. The Hall–Kier alpha value is -2.27. The molecule has 0 radical (unpaired) electrons. The predicted octanol–water partition coefficient (Wildman–Crippen LogP) is 0.865. The number of rotatable bonds is 5. The second-order valence-corrected chi connectivity index (χ2v) is 3.85. The maximum atomic E-state index is 10.8. The molecule has 1 amide bonds. The Morgan fingerprint density at radius 2 is 1.89 bits per heavy atom. The fraction of sp³-hybridized carbons (Fsp3) is 0.154. The van der Waals surface area contributed by atoms with Gasteiger partial charge in [0.2, 0.25) is 0 Å². The van der Waals surface area contributed by atoms with Crippen LogP contribution in [0.2, 0.25) is 0 Å². The van der Waals surface area contributed by atoms with E-state index < -0.39 is 5.91 Å². The van der Waals surface area contributed by atoms with E-state index >= 15 is 0 Å². The average Bonchev–Trinajstić information content (AvgIpc) is 2.40. The van der Waals surface area contributed by atoms with Crippen molar-refractivity contribution in [1.82, 2.24) is 15.3 Å². The van der Waals surface area contributed by atoms with E-state index in [4.69, 9.17) is 5.73 Å². The van der Waals surface area contributed by atoms with Crippen molar-refractivity contribution < 1.29 is 4.79 Å². The predicted molar refractivity (Wildman–Crippen MR) is 67.5 cm³/mol. The monoisotopic (exact) mass is 242 g/mol. The van der Waals surface area contributed by atoms with Gasteiger partial charge in [0.15, 0.2) is 0 Å². The van der Waals surface area contributed by atoms with Crippen LogP contribution >= 0.6 is 0 Å². The number of benzene rings is 1. The Bertz CT molecular complexity index is 510. The van der Waals surface area contributed by atoms with Crippen molar-refractivity contribution >= 4 is 5.91 Å². The summed E-state index contributed by atoms with van der Waals surface area (Å²) in [5.74, 6) is -0.564. The molecule has 0 fully saturated rings. The first-order valence-electron chi connectivity index (χ1n) is 5.61. The van der Waals surface area contributed by atoms with Crippen LogP contribution in [0, 0.1) is 0 Å². The van der Waals surface area contributed by atoms with E-state index in [-0.39, 0.29) is 5.69 Å². The minimum Gasteiger partial charge on any atom is -0.364 e. The number of primary amides is 1. The lowest BCUT2D eigenvalue weighted by atomic mass is 10.2. The summed E-state index contributed by atoms with van der Waals surface area (Å²) in [4.78, 5) is 18.8. The van der Waals surface area contributed by atoms with Gasteiger partial charge in [-0.2, -0.15) is 0 Å². The molecule has 1 aromatic heterocycles. The maximum Gasteiger partial charge on any atom is 0.268 e. The molecule has 2 rings (SSSR count). The van der Waals surface area contributed by atoms with Crippen molar-refractivity contribution in [1.29, 1.82) is 0 Å². The van der Waals surface area contributed by atoms with Crippen molar-refractivity contribution in [3.63, 3.8) is 0 Å². The third kappa shape index (κ3) is 3.36. The number of aromatic nitrogens is 2. The van der Waals surface area contributed by atoms with Gasteiger partial charge >= 0.3 is 0 Å². The molecular formula is C13H14N4O. The zero-order valence-corrected chi connectivity index (χ0v) is 9.84. The van der Waals surface area contributed by atoms with E-state index in [2.05, 4.69) is 27.4 Å². The summed E-state index contributed by atoms with van der Waals surface area (Å²) >= 11 is 0. The van der Waals surface area contributed by atoms with E-state index in [0.29, 0.717) is 6.54 Å². The Morgan fingerprint density at radius 1 is 1.11 bits per heavy atom. The summed E-state index contributed by atoms with van der Waals surface area (Å²) in [5, 5.41) is 3.25. The minimum absolute atomic E-state index is 0.182. The molecule has 0 aliphatic heterocycles. The summed E-state index contributed by atoms with van der Waals surface area (Å²) in [6, 6.07) is 10.1. The van der Waals surface area contributed by atoms with Crippen LogP contribution in [0.4, 0.5) is 0 Å². The molecule has 0 aliphatic carbocycles. The molecule has 0 unspecified atom stereocenters. The van der Waals surface area contributed by atoms with Gasteiger partial charge in [-0.3, -0.25) is 9.78 Å². The Labute approximate surface area is 105 Å². The topological polar surface area (TPSA) is 80.9 Å². The van der Waals surface area contributed by atoms with Gasteiger partial charge in [0.1, 0.15) is 5.69 Å². The summed E-state index contributed by atoms with van der Waals surface area (Å²) in [6.07, 6.45) is 2.94. The summed E-state index contributed by atoms with van der Waals surface area (Å²) in [5.41, 5.74) is 7.25. The normalized spacial score (nSPS) is 10.2. The zero-order chi connectivity index (χ0) is 12.8. The SMILES string of the molecule is NC(=O)c1cnc(CNCc2ccccc2)cn1. The van der Waals surface area contributed by atoms with Crippen LogP contribution in [0.5, 0.6) is 0 Å². The molecule has 0 saturated carbocycles. The van der Waals surface area contributed by atoms with Gasteiger partial charge in [-0.25, -0.2) is 4.98 Å². The zero-order valence-electron chi connectivity index (χ0n) is 9.84. The molecule has 0 aliphatic rings. The van der Waals surface area contributed by atoms with Crippen LogP contribution in [-0.2, 0) is 13.1 Å². The summed E-state index contributed by atoms with van der Waals surface area (Å²) in [6.45, 7) is 1.36. The second-order valence-electron chi connectivity index (χ2n) is 3.85. The molecule has 18 heavy (non-hydrogen) atoms. The van der Waals surface area contributed by atoms with Crippen LogP contribution in [-0.4, -0.2) is 15.9 Å². The standard InChI is InChI=1S/C13H14N4O/c14-13(18)12-9-16-11(8-17-12)7-15-6-10-4-2-1-3-5-10/h1-5,8-9,15H,6-7H2,(H2,14,18). The fourth-order valence-corrected chi connectivity index (χ4v) is 1.50. The molecule has 0 bridgehead atoms. The van der Waals surface area contributed by atoms with E-state index in [0.717, 1.165) is 12.2 Å². The summed E-state index contributed by atoms with van der Waals surface area (Å²) in [7, 11) is 0. The van der Waals surface area contributed by atoms with Crippen molar-refractivity contribution in [3.8, 4) is 0 Å². The Morgan fingerprint density at radius 3 is 2.50 bits per heavy atom. The second kappa shape index (κ2) is 5.88. The number of nitrogens with zero attached hydrogens (tertiary/aromatic N) is 2. The van der Waals surface area contributed by atoms with Crippen molar-refractivity contribution in [2.75, 3.05) is 0 Å². The Balaban J connectivity index is 1.85. The first-order valence-corrected chi connectivity index (χ1v) is 5.61. The summed E-state index contributed by atoms with van der Waals surface area (Å²) < 4.78 is 0. The van der Waals surface area contributed by atoms with Crippen LogP contribution in [0.15, 0.2) is 42.7 Å². The molecule has 2 aromatic rings. The highest BCUT2D eigenvalue weighted by Gasteiger charge is 2.02. The third-order valence-electron chi connectivity index (χ3n) is 2.44. The lowest BCUT2D eigenvalue weighted by molar-refractivity contribution is 0.0995. The van der Waals surface area contributed by atoms with Crippen LogP contribution in [0.3, 0.4) is 0 Å². The fourth-order valence-electron chi connectivity index (χ4n) is 1.50. The van der Waals surface area contributed by atoms with Gasteiger partial charge in [-0.05, 0) is 5.56 Å². The van der Waals surface area contributed by atoms with Gasteiger partial charge in [0, 0.05) is 13.1 Å². The van der Waals surface area contributed by atoms with E-state index in [1.165, 1.54) is 11.8 Å². The van der Waals surface area contributed by atoms with E-state index in [1.54, 1.807) is 6.20 Å². The lowest BCUT2D eigenvalue weighted by Crippen LogP contribution is -2.16. The maximum absolute atomic E-state index is 10.8. The lowest BCUT2D eigenvalue weighted by Gasteiger charge is -2.04. The van der Waals surface area contributed by atoms with Crippen LogP contribution in [0.25, 0.3) is 0 Å². The molecule has 0 spiro atoms. The molecule has 3 N–H and O–H groups in total. The number of carbonyl (C=O) groups is 1. The smallest absolute Gasteiger partial charge is 0.268 e. The van der Waals surface area contributed by atoms with Crippen LogP contribution < -0.4 is 11.1 Å². The number of hydrogen-bond acceptors (Lipinski definition) is 4. The first-order chi connectivity index (χ1) is 8.75. The molecule has 92 valence electrons. The van der Waals surface area contributed by atoms with Gasteiger partial charge in [-0.1, -0.05) is 30.3 Å². The van der Waals surface area contributed by atoms with Gasteiger partial charge in [0.25, 0.3) is 5.91 Å². The van der Waals surface area contributed by atoms with E-state index in [1.807, 2.05) is 18.2 Å². The highest BCUT2D eigenvalue weighted by atomic mass is 16.1. The quantitative estimate of drug-likeness (QED) is 0.815. The van der Waals surface area contributed by atoms with Gasteiger partial charge < -0.3 is 11.1 Å². The first kappa shape index (κ1) is 12.2. The molecule has 1 aromatic carbocycles. The van der Waals surface area contributed by atoms with Crippen LogP contribution in [0.1, 0.15) is 21.7 Å². The molecule has 5 heteroatoms. The van der Waals surface area contributed by atoms with Crippen molar-refractivity contribution in [3.05, 3.63) is 59.7 Å². The molecule has 5 nitrogen and oxygen atoms in total. The largest absolute Gasteiger partial charge is 0.364 e. The molecule has 0 atom stereocenters. The number of nitrogens with one attached hydrogen (secondary N) is 1. The average molecular weight is 242 g/mol. The Kier molecular flexibility index (Phi) is 3.98. The van der Waals surface area contributed by atoms with Crippen molar-refractivity contribution in [2.45, 2.75) is 13.1 Å². The number of amides is 1. The number of nitrogens with two attached hydrogens (primary N) is 1. The van der Waals surface area contributed by atoms with E-state index in [9.17, 15) is 4.79 Å². The van der Waals surface area contributed by atoms with Crippen molar-refractivity contribution in [2.24, 2.45) is 5.73 Å². The number of carbonyl (C=O) groups excluding carboxylic acids is 1. The minimum atomic E-state index is -0.564.